The van der Waals surface area contributed by atoms with Crippen LogP contribution >= 0.6 is 0 Å². The van der Waals surface area contributed by atoms with Gasteiger partial charge in [0.15, 0.2) is 0 Å². The van der Waals surface area contributed by atoms with Crippen LogP contribution in [0.2, 0.25) is 0 Å². The second-order valence-corrected chi connectivity index (χ2v) is 4.42. The van der Waals surface area contributed by atoms with Gasteiger partial charge in [0.1, 0.15) is 0 Å². The molecule has 0 saturated carbocycles. The van der Waals surface area contributed by atoms with Crippen LogP contribution in [0.5, 0.6) is 0 Å². The van der Waals surface area contributed by atoms with Crippen molar-refractivity contribution in [1.82, 2.24) is 4.90 Å². The molecule has 0 aliphatic carbocycles. The molecule has 1 atom stereocenters. The monoisotopic (exact) mass is 264 g/mol. The minimum atomic E-state index is -0.323. The molecule has 0 aliphatic rings. The van der Waals surface area contributed by atoms with Crippen LogP contribution in [0.25, 0.3) is 0 Å². The summed E-state index contributed by atoms with van der Waals surface area (Å²) in [5, 5.41) is 3.03. The van der Waals surface area contributed by atoms with Crippen LogP contribution in [0.4, 0.5) is 5.69 Å². The highest BCUT2D eigenvalue weighted by atomic mass is 16.5. The van der Waals surface area contributed by atoms with E-state index in [-0.39, 0.29) is 24.3 Å². The molecule has 0 aromatic heterocycles. The lowest BCUT2D eigenvalue weighted by Gasteiger charge is -2.20. The molecule has 5 nitrogen and oxygen atoms in total. The van der Waals surface area contributed by atoms with E-state index >= 15 is 0 Å². The second-order valence-electron chi connectivity index (χ2n) is 4.42. The van der Waals surface area contributed by atoms with Gasteiger partial charge in [-0.15, -0.1) is 0 Å². The number of hydrogen-bond acceptors (Lipinski definition) is 4. The van der Waals surface area contributed by atoms with Gasteiger partial charge >= 0.3 is 5.97 Å². The van der Waals surface area contributed by atoms with E-state index in [1.807, 2.05) is 30.3 Å². The Kier molecular flexibility index (Phi) is 5.85. The van der Waals surface area contributed by atoms with Crippen LogP contribution in [-0.4, -0.2) is 44.0 Å². The third kappa shape index (κ3) is 4.99. The van der Waals surface area contributed by atoms with Crippen LogP contribution in [-0.2, 0) is 14.3 Å². The van der Waals surface area contributed by atoms with Crippen molar-refractivity contribution >= 4 is 17.6 Å². The van der Waals surface area contributed by atoms with Crippen LogP contribution in [0.15, 0.2) is 30.3 Å². The molecule has 1 N–H and O–H groups in total. The first kappa shape index (κ1) is 15.0. The Morgan fingerprint density at radius 1 is 1.32 bits per heavy atom. The number of methoxy groups -OCH3 is 1. The Labute approximate surface area is 113 Å². The van der Waals surface area contributed by atoms with Crippen molar-refractivity contribution in [3.05, 3.63) is 30.3 Å². The summed E-state index contributed by atoms with van der Waals surface area (Å²) in [5.41, 5.74) is 0.894. The van der Waals surface area contributed by atoms with Crippen LogP contribution < -0.4 is 5.32 Å². The maximum Gasteiger partial charge on any atom is 0.310 e. The lowest BCUT2D eigenvalue weighted by atomic mass is 10.2. The van der Waals surface area contributed by atoms with E-state index in [4.69, 9.17) is 0 Å². The van der Waals surface area contributed by atoms with Gasteiger partial charge in [-0.2, -0.15) is 0 Å². The second kappa shape index (κ2) is 7.41. The summed E-state index contributed by atoms with van der Waals surface area (Å²) in [4.78, 5) is 24.7. The summed E-state index contributed by atoms with van der Waals surface area (Å²) in [6.07, 6.45) is 0. The Bertz CT molecular complexity index is 420. The molecule has 0 bridgehead atoms. The fourth-order valence-electron chi connectivity index (χ4n) is 1.66. The first-order chi connectivity index (χ1) is 9.04. The summed E-state index contributed by atoms with van der Waals surface area (Å²) >= 11 is 0. The van der Waals surface area contributed by atoms with Crippen molar-refractivity contribution in [3.8, 4) is 0 Å². The number of para-hydroxylation sites is 1. The number of nitrogens with one attached hydrogen (secondary N) is 1. The maximum absolute atomic E-state index is 11.9. The molecule has 1 rings (SSSR count). The molecule has 1 unspecified atom stereocenters. The highest BCUT2D eigenvalue weighted by Gasteiger charge is 2.18. The first-order valence-corrected chi connectivity index (χ1v) is 6.15. The van der Waals surface area contributed by atoms with E-state index in [1.165, 1.54) is 12.0 Å². The molecule has 19 heavy (non-hydrogen) atoms. The summed E-state index contributed by atoms with van der Waals surface area (Å²) in [5.74, 6) is -0.703. The minimum Gasteiger partial charge on any atom is -0.469 e. The van der Waals surface area contributed by atoms with Gasteiger partial charge in [-0.25, -0.2) is 0 Å². The molecule has 1 aromatic rings. The van der Waals surface area contributed by atoms with E-state index in [0.29, 0.717) is 6.54 Å². The van der Waals surface area contributed by atoms with E-state index in [1.54, 1.807) is 14.0 Å². The Balaban J connectivity index is 2.39. The third-order valence-corrected chi connectivity index (χ3v) is 2.79. The minimum absolute atomic E-state index is 0.0698. The van der Waals surface area contributed by atoms with Crippen LogP contribution in [0, 0.1) is 5.92 Å². The van der Waals surface area contributed by atoms with E-state index < -0.39 is 0 Å². The molecule has 104 valence electrons. The van der Waals surface area contributed by atoms with Gasteiger partial charge in [0.2, 0.25) is 5.91 Å². The van der Waals surface area contributed by atoms with Crippen LogP contribution in [0.3, 0.4) is 0 Å². The summed E-state index contributed by atoms with van der Waals surface area (Å²) in [6.45, 7) is 2.29. The summed E-state index contributed by atoms with van der Waals surface area (Å²) < 4.78 is 4.63. The van der Waals surface area contributed by atoms with Crippen molar-refractivity contribution in [2.24, 2.45) is 5.92 Å². The Morgan fingerprint density at radius 3 is 2.53 bits per heavy atom. The quantitative estimate of drug-likeness (QED) is 0.788. The third-order valence-electron chi connectivity index (χ3n) is 2.79. The van der Waals surface area contributed by atoms with Gasteiger partial charge in [-0.1, -0.05) is 25.1 Å². The topological polar surface area (TPSA) is 58.6 Å². The number of carbonyl (C=O) groups excluding carboxylic acids is 2. The lowest BCUT2D eigenvalue weighted by Crippen LogP contribution is -2.37. The smallest absolute Gasteiger partial charge is 0.310 e. The number of amides is 1. The van der Waals surface area contributed by atoms with Crippen molar-refractivity contribution < 1.29 is 14.3 Å². The van der Waals surface area contributed by atoms with Crippen molar-refractivity contribution in [3.63, 3.8) is 0 Å². The molecule has 1 amide bonds. The van der Waals surface area contributed by atoms with Gasteiger partial charge in [0.05, 0.1) is 19.6 Å². The molecule has 0 saturated heterocycles. The maximum atomic E-state index is 11.9. The first-order valence-electron chi connectivity index (χ1n) is 6.15. The molecule has 1 aromatic carbocycles. The normalized spacial score (nSPS) is 11.5. The summed E-state index contributed by atoms with van der Waals surface area (Å²) in [6, 6.07) is 9.50. The lowest BCUT2D eigenvalue weighted by molar-refractivity contribution is -0.146. The number of carbonyl (C=O) groups is 2. The van der Waals surface area contributed by atoms with Gasteiger partial charge in [-0.05, 0) is 12.1 Å². The molecular weight excluding hydrogens is 244 g/mol. The number of esters is 1. The Hall–Kier alpha value is -2.04. The predicted molar refractivity (Wildman–Crippen MR) is 73.7 cm³/mol. The zero-order valence-corrected chi connectivity index (χ0v) is 11.6. The average Bonchev–Trinajstić information content (AvgIpc) is 2.44. The SMILES string of the molecule is COC(=O)C(C)CN(C)C(=O)CNc1ccccc1. The van der Waals surface area contributed by atoms with Gasteiger partial charge in [0, 0.05) is 19.3 Å². The molecule has 0 spiro atoms. The summed E-state index contributed by atoms with van der Waals surface area (Å²) in [7, 11) is 3.02. The van der Waals surface area contributed by atoms with Crippen molar-refractivity contribution in [1.29, 1.82) is 0 Å². The number of ether oxygens (including phenoxy) is 1. The number of nitrogens with zero attached hydrogens (tertiary/aromatic N) is 1. The zero-order valence-electron chi connectivity index (χ0n) is 11.6. The molecule has 0 radical (unpaired) electrons. The zero-order chi connectivity index (χ0) is 14.3. The van der Waals surface area contributed by atoms with Crippen molar-refractivity contribution in [2.75, 3.05) is 32.6 Å². The number of hydrogen-bond donors (Lipinski definition) is 1. The fourth-order valence-corrected chi connectivity index (χ4v) is 1.66. The number of anilines is 1. The highest BCUT2D eigenvalue weighted by molar-refractivity contribution is 5.81. The van der Waals surface area contributed by atoms with Gasteiger partial charge in [0.25, 0.3) is 0 Å². The molecule has 0 aliphatic heterocycles. The number of likely N-dealkylation sites (N-methyl/N-ethyl adjacent to an activating group) is 1. The number of benzene rings is 1. The van der Waals surface area contributed by atoms with Gasteiger partial charge < -0.3 is 15.0 Å². The molecule has 0 fully saturated rings. The standard InChI is InChI=1S/C14H20N2O3/c1-11(14(18)19-3)10-16(2)13(17)9-15-12-7-5-4-6-8-12/h4-8,11,15H,9-10H2,1-3H3. The van der Waals surface area contributed by atoms with Crippen molar-refractivity contribution in [2.45, 2.75) is 6.92 Å². The molecule has 0 heterocycles. The molecular formula is C14H20N2O3. The van der Waals surface area contributed by atoms with Crippen LogP contribution in [0.1, 0.15) is 6.92 Å². The largest absolute Gasteiger partial charge is 0.469 e. The van der Waals surface area contributed by atoms with Gasteiger partial charge in [-0.3, -0.25) is 9.59 Å². The fraction of sp³-hybridized carbons (Fsp3) is 0.429. The van der Waals surface area contributed by atoms with E-state index in [2.05, 4.69) is 10.1 Å². The molecule has 5 heteroatoms. The Morgan fingerprint density at radius 2 is 1.95 bits per heavy atom. The number of rotatable bonds is 6. The highest BCUT2D eigenvalue weighted by Crippen LogP contribution is 2.05. The average molecular weight is 264 g/mol. The van der Waals surface area contributed by atoms with E-state index in [9.17, 15) is 9.59 Å². The predicted octanol–water partition coefficient (Wildman–Crippen LogP) is 1.37. The van der Waals surface area contributed by atoms with E-state index in [0.717, 1.165) is 5.69 Å².